The average molecular weight is 829 g/mol. The number of fused-ring (bicyclic) bond motifs is 14. The van der Waals surface area contributed by atoms with Crippen molar-refractivity contribution in [2.75, 3.05) is 0 Å². The number of benzene rings is 9. The van der Waals surface area contributed by atoms with Crippen LogP contribution < -0.4 is 42.3 Å². The number of hydrogen-bond donors (Lipinski definition) is 0. The Balaban J connectivity index is 1.06. The number of nitrogens with zero attached hydrogens (tertiary/aromatic N) is 2. The number of aryl methyl sites for hydroxylation is 4. The number of rotatable bonds is 2. The highest BCUT2D eigenvalue weighted by molar-refractivity contribution is 7.00. The average Bonchev–Trinajstić information content (AvgIpc) is 3.95. The molecule has 0 N–H and O–H groups in total. The fourth-order valence-electron chi connectivity index (χ4n) is 11.8. The van der Waals surface area contributed by atoms with Crippen LogP contribution in [-0.4, -0.2) is 22.6 Å². The van der Waals surface area contributed by atoms with E-state index in [9.17, 15) is 0 Å². The van der Waals surface area contributed by atoms with E-state index in [1.165, 1.54) is 0 Å². The van der Waals surface area contributed by atoms with E-state index in [0.29, 0.717) is 66.0 Å². The molecule has 0 amide bonds. The summed E-state index contributed by atoms with van der Waals surface area (Å²) in [7, 11) is 0. The Morgan fingerprint density at radius 1 is 0.391 bits per heavy atom. The standard InChI is InChI=1S/C58H38B2N2O2/c1-31-17-19-47-39(21-31)41-23-33(3)25-45-57(41)61(47)49-27-35(28-50-55(49)60(45)46-26-34(4)24-42-40-22-32(2)18-20-48(40)62(50)58(42)46)37-11-5-6-12-38(37)36-29-53-56-54(30-36)64-52-16-10-8-14-44(52)59(56)43-13-7-9-15-51(43)63-53/h5-30H,1-4H3/i1D3,2D3,3D3,4D3. The van der Waals surface area contributed by atoms with Gasteiger partial charge in [0, 0.05) is 65.9 Å². The second-order valence-corrected chi connectivity index (χ2v) is 17.6. The maximum absolute atomic E-state index is 8.78. The van der Waals surface area contributed by atoms with Crippen molar-refractivity contribution < 1.29 is 25.9 Å². The topological polar surface area (TPSA) is 28.3 Å². The second-order valence-electron chi connectivity index (χ2n) is 17.6. The molecule has 0 atom stereocenters. The van der Waals surface area contributed by atoms with E-state index in [2.05, 4.69) is 57.7 Å². The molecule has 0 saturated carbocycles. The minimum absolute atomic E-state index is 0.0517. The van der Waals surface area contributed by atoms with Crippen molar-refractivity contribution in [2.45, 2.75) is 27.4 Å². The first-order chi connectivity index (χ1) is 36.2. The molecule has 4 nitrogen and oxygen atoms in total. The third-order valence-corrected chi connectivity index (χ3v) is 14.2. The maximum atomic E-state index is 8.78. The minimum Gasteiger partial charge on any atom is -0.458 e. The quantitative estimate of drug-likeness (QED) is 0.162. The monoisotopic (exact) mass is 828 g/mol. The predicted octanol–water partition coefficient (Wildman–Crippen LogP) is 10.3. The van der Waals surface area contributed by atoms with Crippen LogP contribution in [0.3, 0.4) is 0 Å². The van der Waals surface area contributed by atoms with E-state index in [0.717, 1.165) is 67.0 Å². The van der Waals surface area contributed by atoms with Crippen LogP contribution in [0.15, 0.2) is 158 Å². The molecule has 0 bridgehead atoms. The zero-order chi connectivity index (χ0) is 52.3. The Kier molecular flexibility index (Phi) is 4.79. The molecule has 0 fully saturated rings. The van der Waals surface area contributed by atoms with Crippen LogP contribution in [0.2, 0.25) is 0 Å². The molecular formula is C58H38B2N2O2. The fourth-order valence-corrected chi connectivity index (χ4v) is 11.8. The van der Waals surface area contributed by atoms with Gasteiger partial charge in [0.1, 0.15) is 23.0 Å². The van der Waals surface area contributed by atoms with Crippen molar-refractivity contribution in [1.29, 1.82) is 0 Å². The summed E-state index contributed by atoms with van der Waals surface area (Å²) in [6, 6.07) is 49.4. The van der Waals surface area contributed by atoms with Gasteiger partial charge in [0.25, 0.3) is 13.4 Å². The van der Waals surface area contributed by atoms with Crippen LogP contribution in [0.5, 0.6) is 23.0 Å². The first-order valence-electron chi connectivity index (χ1n) is 27.5. The summed E-state index contributed by atoms with van der Waals surface area (Å²) < 4.78 is 121. The van der Waals surface area contributed by atoms with E-state index in [1.807, 2.05) is 48.5 Å². The molecule has 0 aliphatic carbocycles. The molecule has 6 heterocycles. The van der Waals surface area contributed by atoms with Crippen LogP contribution in [0, 0.1) is 27.4 Å². The van der Waals surface area contributed by atoms with Gasteiger partial charge in [-0.2, -0.15) is 0 Å². The first-order valence-corrected chi connectivity index (χ1v) is 21.5. The molecule has 0 radical (unpaired) electrons. The van der Waals surface area contributed by atoms with Crippen LogP contribution in [0.4, 0.5) is 0 Å². The summed E-state index contributed by atoms with van der Waals surface area (Å²) in [6.45, 7) is -10.9. The normalized spacial score (nSPS) is 17.1. The highest BCUT2D eigenvalue weighted by Gasteiger charge is 2.43. The van der Waals surface area contributed by atoms with E-state index in [4.69, 9.17) is 25.9 Å². The highest BCUT2D eigenvalue weighted by atomic mass is 16.5. The molecule has 64 heavy (non-hydrogen) atoms. The summed E-state index contributed by atoms with van der Waals surface area (Å²) in [4.78, 5) is 0. The Hall–Kier alpha value is -7.69. The molecule has 11 aromatic rings. The highest BCUT2D eigenvalue weighted by Crippen LogP contribution is 2.45. The lowest BCUT2D eigenvalue weighted by Gasteiger charge is -2.35. The van der Waals surface area contributed by atoms with Crippen molar-refractivity contribution in [1.82, 2.24) is 9.13 Å². The zero-order valence-corrected chi connectivity index (χ0v) is 33.9. The van der Waals surface area contributed by atoms with E-state index in [-0.39, 0.29) is 29.0 Å². The van der Waals surface area contributed by atoms with Crippen LogP contribution in [-0.2, 0) is 0 Å². The van der Waals surface area contributed by atoms with Gasteiger partial charge in [-0.25, -0.2) is 0 Å². The van der Waals surface area contributed by atoms with Crippen molar-refractivity contribution in [3.05, 3.63) is 180 Å². The van der Waals surface area contributed by atoms with Crippen LogP contribution >= 0.6 is 0 Å². The molecule has 2 aromatic heterocycles. The molecule has 0 saturated heterocycles. The zero-order valence-electron chi connectivity index (χ0n) is 45.9. The van der Waals surface area contributed by atoms with Crippen molar-refractivity contribution >= 4 is 89.8 Å². The summed E-state index contributed by atoms with van der Waals surface area (Å²) in [5.74, 6) is 2.89. The lowest BCUT2D eigenvalue weighted by atomic mass is 9.34. The molecule has 298 valence electrons. The lowest BCUT2D eigenvalue weighted by molar-refractivity contribution is 0.465. The van der Waals surface area contributed by atoms with Crippen molar-refractivity contribution in [2.24, 2.45) is 0 Å². The van der Waals surface area contributed by atoms with Gasteiger partial charge in [-0.3, -0.25) is 0 Å². The molecule has 9 aromatic carbocycles. The Labute approximate surface area is 388 Å². The van der Waals surface area contributed by atoms with E-state index < -0.39 is 34.1 Å². The number of ether oxygens (including phenoxy) is 2. The summed E-state index contributed by atoms with van der Waals surface area (Å²) in [5, 5.41) is 2.21. The van der Waals surface area contributed by atoms with Gasteiger partial charge >= 0.3 is 0 Å². The molecular weight excluding hydrogens is 778 g/mol. The van der Waals surface area contributed by atoms with E-state index >= 15 is 0 Å². The van der Waals surface area contributed by atoms with Crippen LogP contribution in [0.1, 0.15) is 38.7 Å². The molecule has 4 aliphatic rings. The van der Waals surface area contributed by atoms with Gasteiger partial charge in [-0.05, 0) is 150 Å². The van der Waals surface area contributed by atoms with Gasteiger partial charge in [0.15, 0.2) is 0 Å². The summed E-state index contributed by atoms with van der Waals surface area (Å²) in [6.07, 6.45) is 0. The third kappa shape index (κ3) is 4.40. The van der Waals surface area contributed by atoms with Gasteiger partial charge in [0.05, 0.1) is 11.0 Å². The van der Waals surface area contributed by atoms with Crippen LogP contribution in [0.25, 0.3) is 77.2 Å². The molecule has 4 aliphatic heterocycles. The maximum Gasteiger partial charge on any atom is 0.260 e. The smallest absolute Gasteiger partial charge is 0.260 e. The Morgan fingerprint density at radius 2 is 0.844 bits per heavy atom. The molecule has 0 spiro atoms. The SMILES string of the molecule is [2H]C([2H])([2H])c1ccc2c(c1)c1cc(C([2H])([2H])[2H])cc3c1n2-c1cc(-c2ccccc2-c2cc4c5c(c2)Oc2ccccc2B5c2ccccc2O4)cc2c1B3c1cc(C([2H])([2H])[2H])cc3c4cc(C([2H])([2H])[2H])ccc4n-2c13. The largest absolute Gasteiger partial charge is 0.458 e. The first kappa shape index (κ1) is 25.4. The van der Waals surface area contributed by atoms with Crippen molar-refractivity contribution in [3.63, 3.8) is 0 Å². The second kappa shape index (κ2) is 12.1. The third-order valence-electron chi connectivity index (χ3n) is 14.2. The van der Waals surface area contributed by atoms with Gasteiger partial charge < -0.3 is 18.6 Å². The Morgan fingerprint density at radius 3 is 1.36 bits per heavy atom. The Bertz CT molecular complexity index is 4200. The summed E-state index contributed by atoms with van der Waals surface area (Å²) >= 11 is 0. The molecule has 6 heteroatoms. The number of para-hydroxylation sites is 2. The van der Waals surface area contributed by atoms with E-state index in [1.54, 1.807) is 60.7 Å². The summed E-state index contributed by atoms with van der Waals surface area (Å²) in [5.41, 5.74) is 12.8. The number of aromatic nitrogens is 2. The van der Waals surface area contributed by atoms with Gasteiger partial charge in [-0.1, -0.05) is 107 Å². The molecule has 0 unspecified atom stereocenters. The predicted molar refractivity (Wildman–Crippen MR) is 267 cm³/mol. The lowest BCUT2D eigenvalue weighted by Crippen LogP contribution is -2.59. The van der Waals surface area contributed by atoms with Gasteiger partial charge in [0.2, 0.25) is 0 Å². The number of hydrogen-bond acceptors (Lipinski definition) is 2. The van der Waals surface area contributed by atoms with Gasteiger partial charge in [-0.15, -0.1) is 0 Å². The minimum atomic E-state index is -2.58. The van der Waals surface area contributed by atoms with Crippen molar-refractivity contribution in [3.8, 4) is 56.6 Å². The molecule has 15 rings (SSSR count). The fraction of sp³-hybridized carbons (Fsp3) is 0.0690.